The fourth-order valence-corrected chi connectivity index (χ4v) is 4.58. The minimum Gasteiger partial charge on any atom is -0.504 e. The first-order valence-corrected chi connectivity index (χ1v) is 14.3. The molecule has 5 nitrogen and oxygen atoms in total. The van der Waals surface area contributed by atoms with Gasteiger partial charge in [-0.1, -0.05) is 107 Å². The van der Waals surface area contributed by atoms with Crippen LogP contribution in [0.15, 0.2) is 52.9 Å². The van der Waals surface area contributed by atoms with Crippen molar-refractivity contribution in [2.45, 2.75) is 105 Å². The van der Waals surface area contributed by atoms with Gasteiger partial charge in [0.25, 0.3) is 0 Å². The van der Waals surface area contributed by atoms with Gasteiger partial charge < -0.3 is 19.4 Å². The summed E-state index contributed by atoms with van der Waals surface area (Å²) in [7, 11) is 1.67. The first-order chi connectivity index (χ1) is 18.6. The number of aromatic hydroxyl groups is 2. The molecule has 41 heavy (non-hydrogen) atoms. The Morgan fingerprint density at radius 1 is 0.659 bits per heavy atom. The molecule has 3 aromatic carbocycles. The summed E-state index contributed by atoms with van der Waals surface area (Å²) in [5.74, 6) is 1.34. The lowest BCUT2D eigenvalue weighted by Gasteiger charge is -2.26. The maximum Gasteiger partial charge on any atom is 0.231 e. The maximum atomic E-state index is 9.87. The smallest absolute Gasteiger partial charge is 0.231 e. The molecule has 2 N–H and O–H groups in total. The summed E-state index contributed by atoms with van der Waals surface area (Å²) in [4.78, 5) is 4.79. The van der Waals surface area contributed by atoms with Crippen LogP contribution in [0.1, 0.15) is 105 Å². The van der Waals surface area contributed by atoms with Crippen LogP contribution in [0.25, 0.3) is 22.6 Å². The molecule has 0 aliphatic rings. The molecular weight excluding hydrogens is 510 g/mol. The Labute approximate surface area is 246 Å². The van der Waals surface area contributed by atoms with Crippen molar-refractivity contribution in [1.29, 1.82) is 0 Å². The van der Waals surface area contributed by atoms with E-state index in [1.165, 1.54) is 11.1 Å². The van der Waals surface area contributed by atoms with Gasteiger partial charge in [0, 0.05) is 11.1 Å². The molecule has 1 heterocycles. The molecule has 0 saturated carbocycles. The minimum atomic E-state index is -0.178. The summed E-state index contributed by atoms with van der Waals surface area (Å²) in [5, 5.41) is 19.6. The Morgan fingerprint density at radius 3 is 1.68 bits per heavy atom. The Kier molecular flexibility index (Phi) is 8.66. The van der Waals surface area contributed by atoms with Crippen LogP contribution in [0.3, 0.4) is 0 Å². The normalized spacial score (nSPS) is 12.7. The van der Waals surface area contributed by atoms with E-state index < -0.39 is 0 Å². The van der Waals surface area contributed by atoms with Gasteiger partial charge >= 0.3 is 0 Å². The second-order valence-corrected chi connectivity index (χ2v) is 15.0. The second-order valence-electron chi connectivity index (χ2n) is 15.0. The number of methoxy groups -OCH3 is 1. The number of ether oxygens (including phenoxy) is 1. The van der Waals surface area contributed by atoms with Crippen LogP contribution in [-0.4, -0.2) is 22.3 Å². The molecule has 0 spiro atoms. The molecular formula is C36H49NO4. The van der Waals surface area contributed by atoms with Crippen molar-refractivity contribution in [3.8, 4) is 28.7 Å². The van der Waals surface area contributed by atoms with Crippen molar-refractivity contribution in [3.05, 3.63) is 70.8 Å². The van der Waals surface area contributed by atoms with Gasteiger partial charge in [-0.25, -0.2) is 4.98 Å². The number of rotatable bonds is 2. The molecule has 0 aliphatic heterocycles. The number of hydrogen-bond donors (Lipinski definition) is 2. The second kappa shape index (κ2) is 11.1. The lowest BCUT2D eigenvalue weighted by molar-refractivity contribution is 0.386. The highest BCUT2D eigenvalue weighted by molar-refractivity contribution is 5.82. The van der Waals surface area contributed by atoms with E-state index in [0.717, 1.165) is 33.5 Å². The zero-order valence-corrected chi connectivity index (χ0v) is 27.3. The molecule has 0 fully saturated rings. The van der Waals surface area contributed by atoms with Gasteiger partial charge in [0.1, 0.15) is 11.3 Å². The average Bonchev–Trinajstić information content (AvgIpc) is 3.27. The zero-order chi connectivity index (χ0) is 31.1. The number of nitrogens with zero attached hydrogens (tertiary/aromatic N) is 1. The lowest BCUT2D eigenvalue weighted by atomic mass is 9.80. The van der Waals surface area contributed by atoms with Crippen LogP contribution in [0.2, 0.25) is 0 Å². The summed E-state index contributed by atoms with van der Waals surface area (Å²) < 4.78 is 11.7. The summed E-state index contributed by atoms with van der Waals surface area (Å²) in [6.07, 6.45) is 0. The van der Waals surface area contributed by atoms with Crippen molar-refractivity contribution in [3.63, 3.8) is 0 Å². The van der Waals surface area contributed by atoms with E-state index in [4.69, 9.17) is 14.1 Å². The van der Waals surface area contributed by atoms with Gasteiger partial charge in [0.2, 0.25) is 5.89 Å². The van der Waals surface area contributed by atoms with Gasteiger partial charge in [0.05, 0.1) is 12.7 Å². The lowest BCUT2D eigenvalue weighted by Crippen LogP contribution is -2.16. The fraction of sp³-hybridized carbons (Fsp3) is 0.472. The number of aromatic nitrogens is 1. The maximum absolute atomic E-state index is 9.87. The van der Waals surface area contributed by atoms with E-state index in [1.807, 2.05) is 51.1 Å². The first-order valence-electron chi connectivity index (χ1n) is 14.3. The van der Waals surface area contributed by atoms with Gasteiger partial charge in [-0.3, -0.25) is 0 Å². The molecule has 0 unspecified atom stereocenters. The average molecular weight is 560 g/mol. The van der Waals surface area contributed by atoms with Crippen molar-refractivity contribution in [2.75, 3.05) is 7.11 Å². The van der Waals surface area contributed by atoms with Crippen molar-refractivity contribution in [1.82, 2.24) is 4.98 Å². The van der Waals surface area contributed by atoms with Crippen LogP contribution in [0, 0.1) is 0 Å². The number of hydrogen-bond acceptors (Lipinski definition) is 5. The molecule has 1 aromatic heterocycles. The highest BCUT2D eigenvalue weighted by atomic mass is 16.5. The van der Waals surface area contributed by atoms with Crippen LogP contribution in [0.4, 0.5) is 0 Å². The summed E-state index contributed by atoms with van der Waals surface area (Å²) in [6, 6.07) is 15.9. The Morgan fingerprint density at radius 2 is 1.17 bits per heavy atom. The standard InChI is InChI=1S/C22H27NO2.C14H22O2/c1-21(2,3)14-12-16(22(4,5)6)19-17(13-14)23-20(25-19)15-10-8-9-11-18(15)24-7;1-13(2,3)9-7-10(14(4,5)6)12(16)11(15)8-9/h8-13H,1-7H3;7-8,15-16H,1-6H3. The van der Waals surface area contributed by atoms with Crippen LogP contribution >= 0.6 is 0 Å². The number of benzene rings is 3. The molecule has 4 aromatic rings. The topological polar surface area (TPSA) is 75.7 Å². The zero-order valence-electron chi connectivity index (χ0n) is 27.3. The third-order valence-corrected chi connectivity index (χ3v) is 7.27. The van der Waals surface area contributed by atoms with E-state index >= 15 is 0 Å². The molecule has 0 bridgehead atoms. The Balaban J connectivity index is 0.000000250. The number of oxazole rings is 1. The molecule has 5 heteroatoms. The molecule has 0 aliphatic carbocycles. The first kappa shape index (κ1) is 32.0. The minimum absolute atomic E-state index is 0.000463. The fourth-order valence-electron chi connectivity index (χ4n) is 4.58. The Bertz CT molecular complexity index is 1520. The van der Waals surface area contributed by atoms with Gasteiger partial charge in [-0.15, -0.1) is 0 Å². The summed E-state index contributed by atoms with van der Waals surface area (Å²) in [6.45, 7) is 25.6. The van der Waals surface area contributed by atoms with E-state index in [9.17, 15) is 10.2 Å². The SMILES string of the molecule is CC(C)(C)c1cc(O)c(O)c(C(C)(C)C)c1.COc1ccccc1-c1nc2cc(C(C)(C)C)cc(C(C)(C)C)c2o1. The quantitative estimate of drug-likeness (QED) is 0.239. The van der Waals surface area contributed by atoms with Crippen molar-refractivity contribution >= 4 is 11.1 Å². The van der Waals surface area contributed by atoms with E-state index in [-0.39, 0.29) is 33.2 Å². The number of para-hydroxylation sites is 1. The predicted octanol–water partition coefficient (Wildman–Crippen LogP) is 9.79. The highest BCUT2D eigenvalue weighted by Gasteiger charge is 2.27. The molecule has 222 valence electrons. The monoisotopic (exact) mass is 559 g/mol. The van der Waals surface area contributed by atoms with E-state index in [2.05, 4.69) is 74.4 Å². The number of phenols is 2. The highest BCUT2D eigenvalue weighted by Crippen LogP contribution is 2.41. The number of phenolic OH excluding ortho intramolecular Hbond substituents is 2. The van der Waals surface area contributed by atoms with E-state index in [1.54, 1.807) is 13.2 Å². The van der Waals surface area contributed by atoms with Crippen LogP contribution < -0.4 is 4.74 Å². The third kappa shape index (κ3) is 7.25. The van der Waals surface area contributed by atoms with Gasteiger partial charge in [-0.05, 0) is 57.1 Å². The largest absolute Gasteiger partial charge is 0.504 e. The molecule has 4 rings (SSSR count). The molecule has 0 atom stereocenters. The third-order valence-electron chi connectivity index (χ3n) is 7.27. The van der Waals surface area contributed by atoms with Crippen molar-refractivity contribution in [2.24, 2.45) is 0 Å². The molecule has 0 radical (unpaired) electrons. The summed E-state index contributed by atoms with van der Waals surface area (Å²) >= 11 is 0. The van der Waals surface area contributed by atoms with E-state index in [0.29, 0.717) is 5.89 Å². The summed E-state index contributed by atoms with van der Waals surface area (Å²) in [5.41, 5.74) is 6.72. The molecule has 0 saturated heterocycles. The van der Waals surface area contributed by atoms with Crippen LogP contribution in [-0.2, 0) is 21.7 Å². The Hall–Kier alpha value is -3.47. The molecule has 0 amide bonds. The van der Waals surface area contributed by atoms with Gasteiger partial charge in [0.15, 0.2) is 17.1 Å². The van der Waals surface area contributed by atoms with Crippen molar-refractivity contribution < 1.29 is 19.4 Å². The predicted molar refractivity (Wildman–Crippen MR) is 171 cm³/mol. The van der Waals surface area contributed by atoms with Gasteiger partial charge in [-0.2, -0.15) is 0 Å². The number of fused-ring (bicyclic) bond motifs is 1. The van der Waals surface area contributed by atoms with Crippen LogP contribution in [0.5, 0.6) is 17.2 Å².